The van der Waals surface area contributed by atoms with Crippen molar-refractivity contribution in [3.63, 3.8) is 0 Å². The number of likely N-dealkylation sites (N-methyl/N-ethyl adjacent to an activating group) is 1. The van der Waals surface area contributed by atoms with Crippen LogP contribution < -0.4 is 10.2 Å². The van der Waals surface area contributed by atoms with Crippen molar-refractivity contribution in [2.24, 2.45) is 0 Å². The van der Waals surface area contributed by atoms with E-state index in [1.54, 1.807) is 12.4 Å². The number of fused-ring (bicyclic) bond motifs is 1. The van der Waals surface area contributed by atoms with Gasteiger partial charge >= 0.3 is 0 Å². The number of carbonyl (C=O) groups is 1. The van der Waals surface area contributed by atoms with Gasteiger partial charge < -0.3 is 15.1 Å². The lowest BCUT2D eigenvalue weighted by atomic mass is 10.2. The Morgan fingerprint density at radius 3 is 2.83 bits per heavy atom. The van der Waals surface area contributed by atoms with E-state index in [1.165, 1.54) is 0 Å². The van der Waals surface area contributed by atoms with Gasteiger partial charge in [-0.2, -0.15) is 5.10 Å². The SMILES string of the molecule is CN(C)CCNC(=O)c1cc2n(n1)CCN(c1ccncc1)C2. The van der Waals surface area contributed by atoms with E-state index in [4.69, 9.17) is 0 Å². The minimum absolute atomic E-state index is 0.107. The number of hydrogen-bond acceptors (Lipinski definition) is 5. The molecule has 1 N–H and O–H groups in total. The van der Waals surface area contributed by atoms with E-state index in [0.29, 0.717) is 12.2 Å². The maximum atomic E-state index is 12.2. The molecule has 0 saturated carbocycles. The minimum Gasteiger partial charge on any atom is -0.364 e. The molecule has 3 heterocycles. The Balaban J connectivity index is 1.65. The van der Waals surface area contributed by atoms with Crippen LogP contribution in [0, 0.1) is 0 Å². The Morgan fingerprint density at radius 1 is 1.30 bits per heavy atom. The quantitative estimate of drug-likeness (QED) is 0.875. The van der Waals surface area contributed by atoms with Gasteiger partial charge in [0.15, 0.2) is 5.69 Å². The first-order valence-corrected chi connectivity index (χ1v) is 7.78. The van der Waals surface area contributed by atoms with Crippen molar-refractivity contribution in [1.82, 2.24) is 25.0 Å². The molecular formula is C16H22N6O. The van der Waals surface area contributed by atoms with Gasteiger partial charge in [-0.25, -0.2) is 0 Å². The van der Waals surface area contributed by atoms with Crippen molar-refractivity contribution in [3.8, 4) is 0 Å². The molecule has 0 aliphatic carbocycles. The van der Waals surface area contributed by atoms with Crippen LogP contribution in [0.1, 0.15) is 16.2 Å². The van der Waals surface area contributed by atoms with Gasteiger partial charge in [-0.1, -0.05) is 0 Å². The van der Waals surface area contributed by atoms with Gasteiger partial charge in [0, 0.05) is 37.7 Å². The molecule has 2 aromatic rings. The van der Waals surface area contributed by atoms with Crippen molar-refractivity contribution < 1.29 is 4.79 Å². The van der Waals surface area contributed by atoms with Gasteiger partial charge in [0.1, 0.15) is 0 Å². The van der Waals surface area contributed by atoms with E-state index in [1.807, 2.05) is 41.9 Å². The Hall–Kier alpha value is -2.41. The van der Waals surface area contributed by atoms with Crippen LogP contribution in [0.4, 0.5) is 5.69 Å². The molecule has 0 unspecified atom stereocenters. The number of anilines is 1. The van der Waals surface area contributed by atoms with Crippen molar-refractivity contribution >= 4 is 11.6 Å². The number of rotatable bonds is 5. The lowest BCUT2D eigenvalue weighted by Crippen LogP contribution is -2.33. The summed E-state index contributed by atoms with van der Waals surface area (Å²) in [5.74, 6) is -0.107. The zero-order valence-corrected chi connectivity index (χ0v) is 13.6. The van der Waals surface area contributed by atoms with Crippen molar-refractivity contribution in [2.75, 3.05) is 38.6 Å². The second-order valence-corrected chi connectivity index (χ2v) is 5.93. The lowest BCUT2D eigenvalue weighted by molar-refractivity contribution is 0.0945. The van der Waals surface area contributed by atoms with Gasteiger partial charge in [0.25, 0.3) is 5.91 Å². The number of nitrogens with zero attached hydrogens (tertiary/aromatic N) is 5. The molecule has 2 aromatic heterocycles. The van der Waals surface area contributed by atoms with Gasteiger partial charge in [-0.05, 0) is 32.3 Å². The number of hydrogen-bond donors (Lipinski definition) is 1. The minimum atomic E-state index is -0.107. The molecule has 0 spiro atoms. The van der Waals surface area contributed by atoms with Gasteiger partial charge in [0.2, 0.25) is 0 Å². The van der Waals surface area contributed by atoms with Crippen LogP contribution in [0.3, 0.4) is 0 Å². The summed E-state index contributed by atoms with van der Waals surface area (Å²) in [6.45, 7) is 3.84. The van der Waals surface area contributed by atoms with E-state index >= 15 is 0 Å². The summed E-state index contributed by atoms with van der Waals surface area (Å²) in [6.07, 6.45) is 3.59. The van der Waals surface area contributed by atoms with Crippen LogP contribution >= 0.6 is 0 Å². The second kappa shape index (κ2) is 6.78. The molecule has 0 fully saturated rings. The average molecular weight is 314 g/mol. The number of carbonyl (C=O) groups excluding carboxylic acids is 1. The summed E-state index contributed by atoms with van der Waals surface area (Å²) in [7, 11) is 3.96. The van der Waals surface area contributed by atoms with Crippen LogP contribution in [0.2, 0.25) is 0 Å². The molecule has 7 nitrogen and oxygen atoms in total. The Labute approximate surface area is 135 Å². The molecule has 0 radical (unpaired) electrons. The van der Waals surface area contributed by atoms with Crippen molar-refractivity contribution in [1.29, 1.82) is 0 Å². The van der Waals surface area contributed by atoms with Gasteiger partial charge in [0.05, 0.1) is 18.8 Å². The Bertz CT molecular complexity index is 666. The van der Waals surface area contributed by atoms with Gasteiger partial charge in [-0.3, -0.25) is 14.5 Å². The predicted molar refractivity (Wildman–Crippen MR) is 88.4 cm³/mol. The average Bonchev–Trinajstić information content (AvgIpc) is 2.98. The third-order valence-corrected chi connectivity index (χ3v) is 3.90. The number of amides is 1. The highest BCUT2D eigenvalue weighted by molar-refractivity contribution is 5.92. The Kier molecular flexibility index (Phi) is 4.57. The molecule has 3 rings (SSSR count). The molecule has 1 aliphatic rings. The van der Waals surface area contributed by atoms with Crippen LogP contribution in [0.25, 0.3) is 0 Å². The molecule has 1 amide bonds. The fraction of sp³-hybridized carbons (Fsp3) is 0.438. The predicted octanol–water partition coefficient (Wildman–Crippen LogP) is 0.590. The molecule has 0 bridgehead atoms. The number of aromatic nitrogens is 3. The normalized spacial score (nSPS) is 14.0. The molecular weight excluding hydrogens is 292 g/mol. The maximum absolute atomic E-state index is 12.2. The summed E-state index contributed by atoms with van der Waals surface area (Å²) >= 11 is 0. The lowest BCUT2D eigenvalue weighted by Gasteiger charge is -2.29. The first-order valence-electron chi connectivity index (χ1n) is 7.78. The van der Waals surface area contributed by atoms with Crippen LogP contribution in [-0.4, -0.2) is 59.3 Å². The number of pyridine rings is 1. The molecule has 122 valence electrons. The summed E-state index contributed by atoms with van der Waals surface area (Å²) in [5, 5.41) is 7.33. The van der Waals surface area contributed by atoms with Crippen LogP contribution in [0.5, 0.6) is 0 Å². The zero-order chi connectivity index (χ0) is 16.2. The summed E-state index contributed by atoms with van der Waals surface area (Å²) in [4.78, 5) is 20.5. The molecule has 23 heavy (non-hydrogen) atoms. The highest BCUT2D eigenvalue weighted by atomic mass is 16.1. The third kappa shape index (κ3) is 3.68. The standard InChI is InChI=1S/C16H22N6O/c1-20(2)8-7-18-16(23)15-11-14-12-21(9-10-22(14)19-15)13-3-5-17-6-4-13/h3-6,11H,7-10,12H2,1-2H3,(H,18,23). The Morgan fingerprint density at radius 2 is 2.09 bits per heavy atom. The first-order chi connectivity index (χ1) is 11.1. The second-order valence-electron chi connectivity index (χ2n) is 5.93. The highest BCUT2D eigenvalue weighted by Gasteiger charge is 2.21. The number of nitrogens with one attached hydrogen (secondary N) is 1. The van der Waals surface area contributed by atoms with E-state index in [-0.39, 0.29) is 5.91 Å². The molecule has 0 aromatic carbocycles. The molecule has 0 saturated heterocycles. The zero-order valence-electron chi connectivity index (χ0n) is 13.6. The molecule has 1 aliphatic heterocycles. The molecule has 7 heteroatoms. The highest BCUT2D eigenvalue weighted by Crippen LogP contribution is 2.20. The maximum Gasteiger partial charge on any atom is 0.271 e. The van der Waals surface area contributed by atoms with E-state index in [0.717, 1.165) is 37.6 Å². The van der Waals surface area contributed by atoms with E-state index in [2.05, 4.69) is 20.3 Å². The third-order valence-electron chi connectivity index (χ3n) is 3.90. The summed E-state index contributed by atoms with van der Waals surface area (Å²) in [6, 6.07) is 5.89. The van der Waals surface area contributed by atoms with Gasteiger partial charge in [-0.15, -0.1) is 0 Å². The van der Waals surface area contributed by atoms with Crippen LogP contribution in [-0.2, 0) is 13.1 Å². The van der Waals surface area contributed by atoms with E-state index < -0.39 is 0 Å². The fourth-order valence-corrected chi connectivity index (χ4v) is 2.64. The largest absolute Gasteiger partial charge is 0.364 e. The van der Waals surface area contributed by atoms with E-state index in [9.17, 15) is 4.79 Å². The summed E-state index contributed by atoms with van der Waals surface area (Å²) < 4.78 is 1.93. The first kappa shape index (κ1) is 15.5. The fourth-order valence-electron chi connectivity index (χ4n) is 2.64. The summed E-state index contributed by atoms with van der Waals surface area (Å²) in [5.41, 5.74) is 2.70. The topological polar surface area (TPSA) is 66.3 Å². The van der Waals surface area contributed by atoms with Crippen molar-refractivity contribution in [2.45, 2.75) is 13.1 Å². The molecule has 0 atom stereocenters. The van der Waals surface area contributed by atoms with Crippen molar-refractivity contribution in [3.05, 3.63) is 42.0 Å². The smallest absolute Gasteiger partial charge is 0.271 e. The van der Waals surface area contributed by atoms with Crippen LogP contribution in [0.15, 0.2) is 30.6 Å². The monoisotopic (exact) mass is 314 g/mol.